The number of nitrogens with zero attached hydrogens (tertiary/aromatic N) is 1. The van der Waals surface area contributed by atoms with Crippen molar-refractivity contribution in [2.45, 2.75) is 6.92 Å². The van der Waals surface area contributed by atoms with E-state index in [1.807, 2.05) is 25.1 Å². The van der Waals surface area contributed by atoms with E-state index in [0.29, 0.717) is 12.2 Å². The van der Waals surface area contributed by atoms with Gasteiger partial charge in [0.05, 0.1) is 45.0 Å². The fourth-order valence-corrected chi connectivity index (χ4v) is 2.93. The number of rotatable bonds is 6. The Kier molecular flexibility index (Phi) is 5.14. The molecule has 0 aliphatic rings. The maximum absolute atomic E-state index is 12.4. The van der Waals surface area contributed by atoms with Gasteiger partial charge in [-0.25, -0.2) is 4.79 Å². The van der Waals surface area contributed by atoms with Crippen LogP contribution in [0.3, 0.4) is 0 Å². The molecular weight excluding hydrogens is 314 g/mol. The highest BCUT2D eigenvalue weighted by Crippen LogP contribution is 2.31. The number of aromatic nitrogens is 1. The summed E-state index contributed by atoms with van der Waals surface area (Å²) >= 11 is 0. The molecule has 0 saturated heterocycles. The molecule has 1 aromatic heterocycles. The number of fused-ring (bicyclic) bond motifs is 3. The Morgan fingerprint density at radius 2 is 1.96 bits per heavy atom. The second-order valence-corrected chi connectivity index (χ2v) is 6.33. The minimum atomic E-state index is -0.343. The third-order valence-corrected chi connectivity index (χ3v) is 4.18. The van der Waals surface area contributed by atoms with Crippen molar-refractivity contribution in [2.75, 3.05) is 39.1 Å². The summed E-state index contributed by atoms with van der Waals surface area (Å²) in [5.41, 5.74) is 2.18. The molecule has 0 radical (unpaired) electrons. The van der Waals surface area contributed by atoms with Gasteiger partial charge in [0.15, 0.2) is 0 Å². The van der Waals surface area contributed by atoms with Crippen molar-refractivity contribution in [3.05, 3.63) is 48.2 Å². The van der Waals surface area contributed by atoms with Gasteiger partial charge in [0.1, 0.15) is 5.56 Å². The zero-order chi connectivity index (χ0) is 17.8. The number of quaternary nitrogens is 1. The molecule has 3 rings (SSSR count). The van der Waals surface area contributed by atoms with Crippen LogP contribution in [-0.4, -0.2) is 44.7 Å². The normalized spacial score (nSPS) is 11.2. The molecular formula is C20H24N3O2+. The third kappa shape index (κ3) is 3.56. The molecule has 5 heteroatoms. The van der Waals surface area contributed by atoms with E-state index >= 15 is 0 Å². The zero-order valence-electron chi connectivity index (χ0n) is 14.9. The summed E-state index contributed by atoms with van der Waals surface area (Å²) in [6.45, 7) is 3.86. The molecule has 3 aromatic rings. The minimum Gasteiger partial charge on any atom is -0.462 e. The maximum atomic E-state index is 12.4. The first-order chi connectivity index (χ1) is 12.1. The van der Waals surface area contributed by atoms with Crippen molar-refractivity contribution in [3.63, 3.8) is 0 Å². The number of anilines is 1. The lowest BCUT2D eigenvalue weighted by molar-refractivity contribution is -0.856. The number of nitrogens with one attached hydrogen (secondary N) is 2. The van der Waals surface area contributed by atoms with E-state index in [1.54, 1.807) is 6.20 Å². The summed E-state index contributed by atoms with van der Waals surface area (Å²) in [5, 5.41) is 6.59. The molecule has 0 amide bonds. The fraction of sp³-hybridized carbons (Fsp3) is 0.300. The van der Waals surface area contributed by atoms with E-state index in [0.717, 1.165) is 40.5 Å². The van der Waals surface area contributed by atoms with Crippen molar-refractivity contribution < 1.29 is 14.4 Å². The van der Waals surface area contributed by atoms with Gasteiger partial charge >= 0.3 is 5.97 Å². The highest BCUT2D eigenvalue weighted by molar-refractivity contribution is 6.13. The van der Waals surface area contributed by atoms with Crippen LogP contribution in [0, 0.1) is 0 Å². The van der Waals surface area contributed by atoms with Gasteiger partial charge in [-0.2, -0.15) is 0 Å². The maximum Gasteiger partial charge on any atom is 0.341 e. The van der Waals surface area contributed by atoms with Crippen LogP contribution in [0.5, 0.6) is 0 Å². The van der Waals surface area contributed by atoms with Crippen LogP contribution in [0.4, 0.5) is 5.69 Å². The Balaban J connectivity index is 2.14. The quantitative estimate of drug-likeness (QED) is 0.534. The number of esters is 1. The van der Waals surface area contributed by atoms with Crippen LogP contribution >= 0.6 is 0 Å². The number of ether oxygens (including phenoxy) is 1. The van der Waals surface area contributed by atoms with Gasteiger partial charge in [0.25, 0.3) is 0 Å². The van der Waals surface area contributed by atoms with Gasteiger partial charge in [0, 0.05) is 17.0 Å². The Bertz CT molecular complexity index is 906. The molecule has 2 aromatic carbocycles. The standard InChI is InChI=1S/C20H23N3O2/c1-4-25-20(24)17-13-22-18-15-8-6-5-7-14(15)9-10-16(18)19(17)21-11-12-23(2)3/h5-10,13H,4,11-12H2,1-3H3,(H,21,22)/p+1. The monoisotopic (exact) mass is 338 g/mol. The molecule has 0 atom stereocenters. The predicted molar refractivity (Wildman–Crippen MR) is 101 cm³/mol. The van der Waals surface area contributed by atoms with Crippen LogP contribution in [-0.2, 0) is 4.74 Å². The van der Waals surface area contributed by atoms with Crippen LogP contribution in [0.2, 0.25) is 0 Å². The summed E-state index contributed by atoms with van der Waals surface area (Å²) in [6.07, 6.45) is 1.62. The molecule has 0 aliphatic heterocycles. The predicted octanol–water partition coefficient (Wildman–Crippen LogP) is 2.12. The van der Waals surface area contributed by atoms with E-state index in [2.05, 4.69) is 42.6 Å². The van der Waals surface area contributed by atoms with E-state index in [9.17, 15) is 4.79 Å². The molecule has 2 N–H and O–H groups in total. The first-order valence-electron chi connectivity index (χ1n) is 8.62. The zero-order valence-corrected chi connectivity index (χ0v) is 14.9. The second kappa shape index (κ2) is 7.49. The number of carbonyl (C=O) groups is 1. The molecule has 0 spiro atoms. The number of pyridine rings is 1. The Morgan fingerprint density at radius 1 is 1.16 bits per heavy atom. The minimum absolute atomic E-state index is 0.343. The van der Waals surface area contributed by atoms with E-state index in [1.165, 1.54) is 4.90 Å². The van der Waals surface area contributed by atoms with Crippen LogP contribution < -0.4 is 10.2 Å². The number of hydrogen-bond donors (Lipinski definition) is 2. The topological polar surface area (TPSA) is 55.7 Å². The van der Waals surface area contributed by atoms with Crippen molar-refractivity contribution in [1.29, 1.82) is 0 Å². The Hall–Kier alpha value is -2.66. The van der Waals surface area contributed by atoms with Gasteiger partial charge < -0.3 is 15.0 Å². The number of benzene rings is 2. The lowest BCUT2D eigenvalue weighted by Crippen LogP contribution is -3.06. The molecule has 130 valence electrons. The summed E-state index contributed by atoms with van der Waals surface area (Å²) in [5.74, 6) is -0.343. The summed E-state index contributed by atoms with van der Waals surface area (Å²) < 4.78 is 5.21. The first kappa shape index (κ1) is 17.2. The average molecular weight is 338 g/mol. The van der Waals surface area contributed by atoms with E-state index < -0.39 is 0 Å². The molecule has 25 heavy (non-hydrogen) atoms. The average Bonchev–Trinajstić information content (AvgIpc) is 2.61. The van der Waals surface area contributed by atoms with Gasteiger partial charge in [-0.1, -0.05) is 36.4 Å². The van der Waals surface area contributed by atoms with Crippen molar-refractivity contribution in [2.24, 2.45) is 0 Å². The molecule has 1 heterocycles. The highest BCUT2D eigenvalue weighted by atomic mass is 16.5. The van der Waals surface area contributed by atoms with Crippen molar-refractivity contribution in [1.82, 2.24) is 4.98 Å². The van der Waals surface area contributed by atoms with Gasteiger partial charge in [-0.3, -0.25) is 4.98 Å². The van der Waals surface area contributed by atoms with Crippen molar-refractivity contribution >= 4 is 33.3 Å². The number of carbonyl (C=O) groups excluding carboxylic acids is 1. The SMILES string of the molecule is CCOC(=O)c1cnc2c(ccc3ccccc32)c1NCC[NH+](C)C. The van der Waals surface area contributed by atoms with E-state index in [4.69, 9.17) is 4.74 Å². The van der Waals surface area contributed by atoms with Crippen LogP contribution in [0.15, 0.2) is 42.6 Å². The Labute approximate surface area is 147 Å². The molecule has 0 bridgehead atoms. The molecule has 0 fully saturated rings. The first-order valence-corrected chi connectivity index (χ1v) is 8.62. The summed E-state index contributed by atoms with van der Waals surface area (Å²) in [7, 11) is 4.21. The second-order valence-electron chi connectivity index (χ2n) is 6.33. The third-order valence-electron chi connectivity index (χ3n) is 4.18. The lowest BCUT2D eigenvalue weighted by Gasteiger charge is -2.15. The van der Waals surface area contributed by atoms with Crippen LogP contribution in [0.25, 0.3) is 21.7 Å². The number of hydrogen-bond acceptors (Lipinski definition) is 4. The molecule has 0 saturated carbocycles. The van der Waals surface area contributed by atoms with Crippen LogP contribution in [0.1, 0.15) is 17.3 Å². The van der Waals surface area contributed by atoms with Gasteiger partial charge in [-0.05, 0) is 12.3 Å². The fourth-order valence-electron chi connectivity index (χ4n) is 2.93. The Morgan fingerprint density at radius 3 is 2.72 bits per heavy atom. The molecule has 0 unspecified atom stereocenters. The van der Waals surface area contributed by atoms with Gasteiger partial charge in [-0.15, -0.1) is 0 Å². The lowest BCUT2D eigenvalue weighted by atomic mass is 10.0. The number of likely N-dealkylation sites (N-methyl/N-ethyl adjacent to an activating group) is 1. The van der Waals surface area contributed by atoms with Crippen molar-refractivity contribution in [3.8, 4) is 0 Å². The molecule has 5 nitrogen and oxygen atoms in total. The highest BCUT2D eigenvalue weighted by Gasteiger charge is 2.17. The van der Waals surface area contributed by atoms with Gasteiger partial charge in [0.2, 0.25) is 0 Å². The largest absolute Gasteiger partial charge is 0.462 e. The summed E-state index contributed by atoms with van der Waals surface area (Å²) in [6, 6.07) is 12.2. The molecule has 0 aliphatic carbocycles. The van der Waals surface area contributed by atoms with E-state index in [-0.39, 0.29) is 5.97 Å². The summed E-state index contributed by atoms with van der Waals surface area (Å²) in [4.78, 5) is 18.3. The smallest absolute Gasteiger partial charge is 0.341 e.